The van der Waals surface area contributed by atoms with E-state index < -0.39 is 0 Å². The fourth-order valence-electron chi connectivity index (χ4n) is 5.56. The highest BCUT2D eigenvalue weighted by molar-refractivity contribution is 5.90. The Kier molecular flexibility index (Phi) is 7.10. The molecule has 3 aromatic carbocycles. The topological polar surface area (TPSA) is 64.3 Å². The third-order valence-electron chi connectivity index (χ3n) is 7.68. The number of carbonyl (C=O) groups is 1. The first-order valence-corrected chi connectivity index (χ1v) is 14.2. The number of urea groups is 1. The molecule has 7 heteroatoms. The summed E-state index contributed by atoms with van der Waals surface area (Å²) in [6.07, 6.45) is 2.07. The Hall–Kier alpha value is -4.78. The van der Waals surface area contributed by atoms with E-state index in [1.54, 1.807) is 0 Å². The number of ether oxygens (including phenoxy) is 1. The predicted molar refractivity (Wildman–Crippen MR) is 162 cm³/mol. The summed E-state index contributed by atoms with van der Waals surface area (Å²) in [6, 6.07) is 29.9. The van der Waals surface area contributed by atoms with Crippen molar-refractivity contribution in [3.05, 3.63) is 125 Å². The van der Waals surface area contributed by atoms with Crippen molar-refractivity contribution < 1.29 is 9.53 Å². The van der Waals surface area contributed by atoms with Gasteiger partial charge in [0, 0.05) is 17.4 Å². The standard InChI is InChI=1S/C34H35N5O2/c1-5-41-29-19-17-27(18-20-29)35-34(40)38-22-30-24(4)36-39(28-10-7-6-8-11-28)33(30)37-21-9-12-31(37)32(38)26-15-13-25(14-16-26)23(2)3/h6-21,23,32H,5,22H2,1-4H3,(H,35,40)/t32-/m0/s1. The Morgan fingerprint density at radius 2 is 1.71 bits per heavy atom. The summed E-state index contributed by atoms with van der Waals surface area (Å²) < 4.78 is 9.76. The molecule has 7 nitrogen and oxygen atoms in total. The fourth-order valence-corrected chi connectivity index (χ4v) is 5.56. The molecule has 3 heterocycles. The van der Waals surface area contributed by atoms with Crippen LogP contribution in [0.1, 0.15) is 60.8 Å². The number of benzene rings is 3. The lowest BCUT2D eigenvalue weighted by Crippen LogP contribution is -2.38. The minimum Gasteiger partial charge on any atom is -0.494 e. The van der Waals surface area contributed by atoms with Gasteiger partial charge < -0.3 is 19.5 Å². The molecule has 0 saturated carbocycles. The van der Waals surface area contributed by atoms with Crippen LogP contribution >= 0.6 is 0 Å². The molecule has 0 bridgehead atoms. The molecule has 0 fully saturated rings. The van der Waals surface area contributed by atoms with Crippen molar-refractivity contribution in [2.24, 2.45) is 0 Å². The van der Waals surface area contributed by atoms with Gasteiger partial charge >= 0.3 is 6.03 Å². The van der Waals surface area contributed by atoms with Gasteiger partial charge in [-0.2, -0.15) is 5.10 Å². The highest BCUT2D eigenvalue weighted by atomic mass is 16.5. The van der Waals surface area contributed by atoms with Crippen LogP contribution in [-0.4, -0.2) is 31.9 Å². The summed E-state index contributed by atoms with van der Waals surface area (Å²) >= 11 is 0. The number of aryl methyl sites for hydroxylation is 1. The smallest absolute Gasteiger partial charge is 0.322 e. The third kappa shape index (κ3) is 4.99. The second kappa shape index (κ2) is 11.0. The third-order valence-corrected chi connectivity index (χ3v) is 7.68. The summed E-state index contributed by atoms with van der Waals surface area (Å²) in [4.78, 5) is 16.1. The summed E-state index contributed by atoms with van der Waals surface area (Å²) in [5.41, 5.74) is 6.90. The quantitative estimate of drug-likeness (QED) is 0.239. The Labute approximate surface area is 241 Å². The first-order valence-electron chi connectivity index (χ1n) is 14.2. The van der Waals surface area contributed by atoms with Gasteiger partial charge in [-0.05, 0) is 79.4 Å². The number of rotatable bonds is 6. The van der Waals surface area contributed by atoms with E-state index in [0.717, 1.165) is 39.8 Å². The van der Waals surface area contributed by atoms with Gasteiger partial charge in [-0.15, -0.1) is 0 Å². The van der Waals surface area contributed by atoms with Gasteiger partial charge in [0.05, 0.1) is 36.3 Å². The van der Waals surface area contributed by atoms with Crippen LogP contribution in [0.25, 0.3) is 11.5 Å². The lowest BCUT2D eigenvalue weighted by molar-refractivity contribution is 0.194. The number of carbonyl (C=O) groups excluding carboxylic acids is 1. The molecule has 1 N–H and O–H groups in total. The van der Waals surface area contributed by atoms with E-state index >= 15 is 0 Å². The maximum Gasteiger partial charge on any atom is 0.322 e. The van der Waals surface area contributed by atoms with Crippen LogP contribution in [0.2, 0.25) is 0 Å². The Balaban J connectivity index is 1.47. The lowest BCUT2D eigenvalue weighted by Gasteiger charge is -2.31. The van der Waals surface area contributed by atoms with E-state index in [0.29, 0.717) is 24.8 Å². The first kappa shape index (κ1) is 26.4. The average Bonchev–Trinajstić information content (AvgIpc) is 3.55. The van der Waals surface area contributed by atoms with Gasteiger partial charge in [0.15, 0.2) is 0 Å². The van der Waals surface area contributed by atoms with Gasteiger partial charge in [-0.3, -0.25) is 0 Å². The number of nitrogens with one attached hydrogen (secondary N) is 1. The van der Waals surface area contributed by atoms with Crippen LogP contribution in [0, 0.1) is 6.92 Å². The number of para-hydroxylation sites is 1. The molecule has 1 atom stereocenters. The van der Waals surface area contributed by atoms with Crippen LogP contribution in [0.15, 0.2) is 97.2 Å². The molecule has 5 aromatic rings. The zero-order valence-electron chi connectivity index (χ0n) is 23.9. The molecule has 0 unspecified atom stereocenters. The molecular formula is C34H35N5O2. The van der Waals surface area contributed by atoms with E-state index in [1.807, 2.05) is 72.0 Å². The average molecular weight is 546 g/mol. The molecule has 0 aliphatic carbocycles. The van der Waals surface area contributed by atoms with Crippen LogP contribution < -0.4 is 10.1 Å². The number of nitrogens with zero attached hydrogens (tertiary/aromatic N) is 4. The number of amides is 2. The first-order chi connectivity index (χ1) is 19.9. The zero-order valence-corrected chi connectivity index (χ0v) is 23.9. The van der Waals surface area contributed by atoms with Crippen molar-refractivity contribution in [2.75, 3.05) is 11.9 Å². The van der Waals surface area contributed by atoms with Crippen LogP contribution in [0.4, 0.5) is 10.5 Å². The maximum absolute atomic E-state index is 14.2. The second-order valence-corrected chi connectivity index (χ2v) is 10.7. The van der Waals surface area contributed by atoms with Crippen molar-refractivity contribution in [3.8, 4) is 17.3 Å². The highest BCUT2D eigenvalue weighted by Crippen LogP contribution is 2.39. The molecule has 2 amide bonds. The minimum atomic E-state index is -0.315. The lowest BCUT2D eigenvalue weighted by atomic mass is 9.97. The van der Waals surface area contributed by atoms with Gasteiger partial charge in [-0.1, -0.05) is 56.3 Å². The molecule has 41 heavy (non-hydrogen) atoms. The summed E-state index contributed by atoms with van der Waals surface area (Å²) in [5, 5.41) is 8.08. The molecule has 208 valence electrons. The van der Waals surface area contributed by atoms with Gasteiger partial charge in [0.1, 0.15) is 11.6 Å². The Morgan fingerprint density at radius 3 is 2.39 bits per heavy atom. The number of aromatic nitrogens is 3. The van der Waals surface area contributed by atoms with E-state index in [4.69, 9.17) is 9.84 Å². The Bertz CT molecular complexity index is 1650. The van der Waals surface area contributed by atoms with Gasteiger partial charge in [0.2, 0.25) is 0 Å². The molecule has 0 saturated heterocycles. The molecule has 1 aliphatic rings. The molecule has 1 aliphatic heterocycles. The molecule has 0 spiro atoms. The Morgan fingerprint density at radius 1 is 0.976 bits per heavy atom. The van der Waals surface area contributed by atoms with E-state index in [9.17, 15) is 4.79 Å². The molecular weight excluding hydrogens is 510 g/mol. The summed E-state index contributed by atoms with van der Waals surface area (Å²) in [5.74, 6) is 2.15. The molecule has 6 rings (SSSR count). The largest absolute Gasteiger partial charge is 0.494 e. The summed E-state index contributed by atoms with van der Waals surface area (Å²) in [7, 11) is 0. The second-order valence-electron chi connectivity index (χ2n) is 10.7. The van der Waals surface area contributed by atoms with Crippen molar-refractivity contribution in [1.29, 1.82) is 0 Å². The SMILES string of the molecule is CCOc1ccc(NC(=O)N2Cc3c(C)nn(-c4ccccc4)c3-n3cccc3[C@@H]2c2ccc(C(C)C)cc2)cc1. The summed E-state index contributed by atoms with van der Waals surface area (Å²) in [6.45, 7) is 9.34. The van der Waals surface area contributed by atoms with Gasteiger partial charge in [0.25, 0.3) is 0 Å². The van der Waals surface area contributed by atoms with Crippen molar-refractivity contribution in [3.63, 3.8) is 0 Å². The number of fused-ring (bicyclic) bond motifs is 3. The van der Waals surface area contributed by atoms with Crippen LogP contribution in [0.5, 0.6) is 5.75 Å². The van der Waals surface area contributed by atoms with Gasteiger partial charge in [-0.25, -0.2) is 9.48 Å². The van der Waals surface area contributed by atoms with E-state index in [-0.39, 0.29) is 12.1 Å². The molecule has 2 aromatic heterocycles. The maximum atomic E-state index is 14.2. The van der Waals surface area contributed by atoms with Crippen LogP contribution in [-0.2, 0) is 6.54 Å². The number of hydrogen-bond acceptors (Lipinski definition) is 3. The van der Waals surface area contributed by atoms with Crippen molar-refractivity contribution in [2.45, 2.75) is 46.2 Å². The van der Waals surface area contributed by atoms with Crippen molar-refractivity contribution in [1.82, 2.24) is 19.2 Å². The zero-order chi connectivity index (χ0) is 28.5. The van der Waals surface area contributed by atoms with E-state index in [2.05, 4.69) is 72.4 Å². The highest BCUT2D eigenvalue weighted by Gasteiger charge is 2.36. The minimum absolute atomic E-state index is 0.181. The van der Waals surface area contributed by atoms with Crippen LogP contribution in [0.3, 0.4) is 0 Å². The fraction of sp³-hybridized carbons (Fsp3) is 0.235. The number of hydrogen-bond donors (Lipinski definition) is 1. The van der Waals surface area contributed by atoms with Crippen molar-refractivity contribution >= 4 is 11.7 Å². The molecule has 0 radical (unpaired) electrons. The number of anilines is 1. The predicted octanol–water partition coefficient (Wildman–Crippen LogP) is 7.63. The monoisotopic (exact) mass is 545 g/mol. The normalized spacial score (nSPS) is 14.4. The van der Waals surface area contributed by atoms with E-state index in [1.165, 1.54) is 5.56 Å².